The zero-order chi connectivity index (χ0) is 24.4. The lowest BCUT2D eigenvalue weighted by Crippen LogP contribution is -2.40. The molecule has 2 heterocycles. The number of benzene rings is 2. The summed E-state index contributed by atoms with van der Waals surface area (Å²) < 4.78 is 1.69. The zero-order valence-corrected chi connectivity index (χ0v) is 21.1. The lowest BCUT2D eigenvalue weighted by atomic mass is 10.1. The lowest BCUT2D eigenvalue weighted by molar-refractivity contribution is 0.0672. The van der Waals surface area contributed by atoms with Crippen LogP contribution in [0.3, 0.4) is 0 Å². The van der Waals surface area contributed by atoms with E-state index in [4.69, 9.17) is 4.98 Å². The van der Waals surface area contributed by atoms with Crippen molar-refractivity contribution in [3.63, 3.8) is 0 Å². The van der Waals surface area contributed by atoms with E-state index in [0.717, 1.165) is 16.8 Å². The van der Waals surface area contributed by atoms with Gasteiger partial charge in [-0.05, 0) is 70.1 Å². The van der Waals surface area contributed by atoms with Gasteiger partial charge in [0, 0.05) is 13.1 Å². The Balaban J connectivity index is 1.93. The first-order valence-corrected chi connectivity index (χ1v) is 12.2. The fraction of sp³-hybridized carbons (Fsp3) is 0.296. The van der Waals surface area contributed by atoms with Gasteiger partial charge < -0.3 is 9.80 Å². The highest BCUT2D eigenvalue weighted by Gasteiger charge is 2.28. The van der Waals surface area contributed by atoms with Crippen molar-refractivity contribution in [2.75, 3.05) is 27.2 Å². The number of fused-ring (bicyclic) bond motifs is 1. The predicted octanol–water partition coefficient (Wildman–Crippen LogP) is 4.83. The Morgan fingerprint density at radius 2 is 1.82 bits per heavy atom. The molecule has 0 saturated carbocycles. The summed E-state index contributed by atoms with van der Waals surface area (Å²) in [5.41, 5.74) is 3.39. The average Bonchev–Trinajstić information content (AvgIpc) is 3.34. The van der Waals surface area contributed by atoms with Gasteiger partial charge in [0.2, 0.25) is 0 Å². The summed E-state index contributed by atoms with van der Waals surface area (Å²) in [6.07, 6.45) is 0. The number of carbonyl (C=O) groups is 1. The molecule has 2 aromatic heterocycles. The second-order valence-corrected chi connectivity index (χ2v) is 9.82. The van der Waals surface area contributed by atoms with Crippen LogP contribution in [0.1, 0.15) is 39.6 Å². The third-order valence-electron chi connectivity index (χ3n) is 6.02. The second kappa shape index (κ2) is 9.91. The van der Waals surface area contributed by atoms with E-state index in [1.165, 1.54) is 11.3 Å². The molecule has 1 atom stereocenters. The van der Waals surface area contributed by atoms with Crippen LogP contribution >= 0.6 is 11.3 Å². The van der Waals surface area contributed by atoms with Crippen molar-refractivity contribution in [1.29, 1.82) is 0 Å². The zero-order valence-electron chi connectivity index (χ0n) is 20.3. The van der Waals surface area contributed by atoms with E-state index >= 15 is 0 Å². The highest BCUT2D eigenvalue weighted by Crippen LogP contribution is 2.26. The molecule has 0 bridgehead atoms. The van der Waals surface area contributed by atoms with E-state index in [2.05, 4.69) is 6.07 Å². The van der Waals surface area contributed by atoms with Gasteiger partial charge in [0.15, 0.2) is 0 Å². The van der Waals surface area contributed by atoms with Crippen molar-refractivity contribution < 1.29 is 4.79 Å². The third kappa shape index (κ3) is 4.67. The minimum atomic E-state index is -0.424. The van der Waals surface area contributed by atoms with Gasteiger partial charge in [0.05, 0.1) is 27.5 Å². The number of thiophene rings is 1. The molecule has 7 heteroatoms. The molecule has 176 valence electrons. The van der Waals surface area contributed by atoms with Crippen molar-refractivity contribution in [3.8, 4) is 5.69 Å². The Morgan fingerprint density at radius 1 is 1.06 bits per heavy atom. The van der Waals surface area contributed by atoms with Crippen molar-refractivity contribution in [1.82, 2.24) is 19.4 Å². The summed E-state index contributed by atoms with van der Waals surface area (Å²) in [4.78, 5) is 36.8. The number of likely N-dealkylation sites (N-methyl/N-ethyl adjacent to an activating group) is 1. The van der Waals surface area contributed by atoms with Crippen molar-refractivity contribution in [2.45, 2.75) is 26.8 Å². The number of nitrogens with zero attached hydrogens (tertiary/aromatic N) is 4. The maximum absolute atomic E-state index is 13.8. The molecule has 1 amide bonds. The fourth-order valence-corrected chi connectivity index (χ4v) is 4.86. The van der Waals surface area contributed by atoms with Gasteiger partial charge in [-0.15, -0.1) is 11.3 Å². The van der Waals surface area contributed by atoms with Gasteiger partial charge in [-0.1, -0.05) is 35.9 Å². The predicted molar refractivity (Wildman–Crippen MR) is 139 cm³/mol. The average molecular weight is 475 g/mol. The maximum Gasteiger partial charge on any atom is 0.266 e. The van der Waals surface area contributed by atoms with E-state index in [0.29, 0.717) is 34.7 Å². The van der Waals surface area contributed by atoms with Crippen molar-refractivity contribution in [3.05, 3.63) is 92.2 Å². The van der Waals surface area contributed by atoms with Crippen molar-refractivity contribution in [2.24, 2.45) is 0 Å². The molecule has 6 nitrogen and oxygen atoms in total. The second-order valence-electron chi connectivity index (χ2n) is 8.87. The van der Waals surface area contributed by atoms with Crippen molar-refractivity contribution >= 4 is 28.1 Å². The summed E-state index contributed by atoms with van der Waals surface area (Å²) in [6.45, 7) is 7.20. The first-order valence-electron chi connectivity index (χ1n) is 11.4. The molecule has 34 heavy (non-hydrogen) atoms. The van der Waals surface area contributed by atoms with Crippen LogP contribution in [0.2, 0.25) is 0 Å². The first kappa shape index (κ1) is 23.9. The highest BCUT2D eigenvalue weighted by molar-refractivity contribution is 7.12. The number of para-hydroxylation sites is 1. The number of aromatic nitrogens is 2. The van der Waals surface area contributed by atoms with E-state index in [-0.39, 0.29) is 11.5 Å². The number of carbonyl (C=O) groups excluding carboxylic acids is 1. The molecule has 0 fully saturated rings. The van der Waals surface area contributed by atoms with Gasteiger partial charge in [0.25, 0.3) is 11.5 Å². The van der Waals surface area contributed by atoms with E-state index in [1.807, 2.05) is 92.5 Å². The molecular weight excluding hydrogens is 444 g/mol. The van der Waals surface area contributed by atoms with Gasteiger partial charge in [0.1, 0.15) is 5.82 Å². The Morgan fingerprint density at radius 3 is 2.50 bits per heavy atom. The van der Waals surface area contributed by atoms with Gasteiger partial charge in [-0.25, -0.2) is 4.98 Å². The van der Waals surface area contributed by atoms with E-state index in [9.17, 15) is 9.59 Å². The Kier molecular flexibility index (Phi) is 6.95. The number of hydrogen-bond donors (Lipinski definition) is 0. The molecule has 0 saturated heterocycles. The first-order chi connectivity index (χ1) is 16.3. The Hall–Kier alpha value is -3.29. The SMILES string of the molecule is Cc1ccc(-n2c(C(C)N(CCN(C)C)C(=O)c3cccs3)nc3ccccc3c2=O)c(C)c1. The summed E-state index contributed by atoms with van der Waals surface area (Å²) in [6, 6.07) is 16.7. The number of amides is 1. The largest absolute Gasteiger partial charge is 0.327 e. The quantitative estimate of drug-likeness (QED) is 0.385. The monoisotopic (exact) mass is 474 g/mol. The minimum absolute atomic E-state index is 0.0565. The molecule has 0 aliphatic carbocycles. The van der Waals surface area contributed by atoms with Gasteiger partial charge in [-0.2, -0.15) is 0 Å². The molecule has 4 rings (SSSR count). The highest BCUT2D eigenvalue weighted by atomic mass is 32.1. The van der Waals surface area contributed by atoms with Crippen LogP contribution in [-0.4, -0.2) is 52.4 Å². The molecule has 4 aromatic rings. The van der Waals surface area contributed by atoms with Crippen LogP contribution in [-0.2, 0) is 0 Å². The van der Waals surface area contributed by atoms with Crippen LogP contribution in [0.4, 0.5) is 0 Å². The lowest BCUT2D eigenvalue weighted by Gasteiger charge is -2.31. The van der Waals surface area contributed by atoms with Crippen LogP contribution < -0.4 is 5.56 Å². The molecule has 2 aromatic carbocycles. The maximum atomic E-state index is 13.8. The number of hydrogen-bond acceptors (Lipinski definition) is 5. The van der Waals surface area contributed by atoms with Crippen LogP contribution in [0, 0.1) is 13.8 Å². The molecule has 1 unspecified atom stereocenters. The Labute approximate surface area is 204 Å². The number of rotatable bonds is 7. The fourth-order valence-electron chi connectivity index (χ4n) is 4.18. The van der Waals surface area contributed by atoms with E-state index in [1.54, 1.807) is 10.6 Å². The smallest absolute Gasteiger partial charge is 0.266 e. The topological polar surface area (TPSA) is 58.4 Å². The Bertz CT molecular complexity index is 1380. The summed E-state index contributed by atoms with van der Waals surface area (Å²) in [5, 5.41) is 2.46. The normalized spacial score (nSPS) is 12.3. The van der Waals surface area contributed by atoms with E-state index < -0.39 is 6.04 Å². The minimum Gasteiger partial charge on any atom is -0.327 e. The summed E-state index contributed by atoms with van der Waals surface area (Å²) in [7, 11) is 3.97. The standard InChI is InChI=1S/C27H30N4O2S/c1-18-12-13-23(19(2)17-18)31-25(28-22-10-7-6-9-21(22)26(31)32)20(3)30(15-14-29(4)5)27(33)24-11-8-16-34-24/h6-13,16-17,20H,14-15H2,1-5H3. The summed E-state index contributed by atoms with van der Waals surface area (Å²) in [5.74, 6) is 0.498. The molecule has 0 radical (unpaired) electrons. The molecular formula is C27H30N4O2S. The van der Waals surface area contributed by atoms with Gasteiger partial charge >= 0.3 is 0 Å². The van der Waals surface area contributed by atoms with Crippen LogP contribution in [0.15, 0.2) is 64.8 Å². The van der Waals surface area contributed by atoms with Crippen LogP contribution in [0.25, 0.3) is 16.6 Å². The molecule has 0 aliphatic rings. The van der Waals surface area contributed by atoms with Crippen LogP contribution in [0.5, 0.6) is 0 Å². The summed E-state index contributed by atoms with van der Waals surface area (Å²) >= 11 is 1.42. The third-order valence-corrected chi connectivity index (χ3v) is 6.87. The van der Waals surface area contributed by atoms with Gasteiger partial charge in [-0.3, -0.25) is 14.2 Å². The molecule has 0 N–H and O–H groups in total. The molecule has 0 spiro atoms. The molecule has 0 aliphatic heterocycles. The number of aryl methyl sites for hydroxylation is 2.